The second kappa shape index (κ2) is 13.7. The maximum atomic E-state index is 13.8. The van der Waals surface area contributed by atoms with Gasteiger partial charge < -0.3 is 31.5 Å². The second-order valence-corrected chi connectivity index (χ2v) is 11.8. The molecule has 0 bridgehead atoms. The van der Waals surface area contributed by atoms with E-state index in [1.807, 2.05) is 74.1 Å². The maximum absolute atomic E-state index is 13.8. The third kappa shape index (κ3) is 7.84. The highest BCUT2D eigenvalue weighted by Crippen LogP contribution is 2.41. The van der Waals surface area contributed by atoms with Gasteiger partial charge in [0.15, 0.2) is 0 Å². The fourth-order valence-corrected chi connectivity index (χ4v) is 4.99. The number of carbonyl (C=O) groups excluding carboxylic acids is 2. The second-order valence-electron chi connectivity index (χ2n) is 11.8. The molecule has 2 atom stereocenters. The van der Waals surface area contributed by atoms with Crippen LogP contribution in [0.4, 0.5) is 5.69 Å². The van der Waals surface area contributed by atoms with Gasteiger partial charge in [-0.05, 0) is 52.3 Å². The zero-order valence-electron chi connectivity index (χ0n) is 25.5. The Balaban J connectivity index is 1.45. The van der Waals surface area contributed by atoms with E-state index in [2.05, 4.69) is 20.9 Å². The standard InChI is InChI=1S/C31H44N8O4/c1-30(2,43-18-15-31(3,33)29(32)42)20-35-25(40)13-14-26(41)38-19-21-9-5-6-10-22(21)28-27(23-11-7-8-12-24(23)38)36-37-39(28)17-16-34-4/h5-12,25,34-35,40H,13-20,33H2,1-4H3,(H2,32,42). The molecule has 0 spiro atoms. The number of carbonyl (C=O) groups is 2. The number of rotatable bonds is 14. The van der Waals surface area contributed by atoms with Crippen molar-refractivity contribution < 1.29 is 19.4 Å². The predicted molar refractivity (Wildman–Crippen MR) is 166 cm³/mol. The normalized spacial score (nSPS) is 15.0. The Kier molecular flexibility index (Phi) is 10.3. The van der Waals surface area contributed by atoms with E-state index in [0.29, 0.717) is 19.6 Å². The molecular formula is C31H44N8O4. The summed E-state index contributed by atoms with van der Waals surface area (Å²) in [4.78, 5) is 27.0. The van der Waals surface area contributed by atoms with E-state index < -0.39 is 23.3 Å². The third-order valence-corrected chi connectivity index (χ3v) is 7.73. The summed E-state index contributed by atoms with van der Waals surface area (Å²) in [6.07, 6.45) is -0.314. The quantitative estimate of drug-likeness (QED) is 0.175. The predicted octanol–water partition coefficient (Wildman–Crippen LogP) is 1.75. The third-order valence-electron chi connectivity index (χ3n) is 7.73. The van der Waals surface area contributed by atoms with Crippen LogP contribution in [0.1, 0.15) is 45.6 Å². The molecule has 2 unspecified atom stereocenters. The zero-order chi connectivity index (χ0) is 31.2. The molecule has 0 radical (unpaired) electrons. The van der Waals surface area contributed by atoms with Crippen molar-refractivity contribution in [3.8, 4) is 22.5 Å². The summed E-state index contributed by atoms with van der Waals surface area (Å²) in [5, 5.41) is 26.0. The Hall–Kier alpha value is -3.68. The molecule has 0 aliphatic carbocycles. The summed E-state index contributed by atoms with van der Waals surface area (Å²) in [7, 11) is 1.90. The van der Waals surface area contributed by atoms with Crippen LogP contribution >= 0.6 is 0 Å². The lowest BCUT2D eigenvalue weighted by Crippen LogP contribution is -2.50. The smallest absolute Gasteiger partial charge is 0.237 e. The van der Waals surface area contributed by atoms with Crippen molar-refractivity contribution in [3.05, 3.63) is 54.1 Å². The topological polar surface area (TPSA) is 174 Å². The summed E-state index contributed by atoms with van der Waals surface area (Å²) in [6, 6.07) is 15.8. The van der Waals surface area contributed by atoms with Gasteiger partial charge in [-0.25, -0.2) is 4.68 Å². The van der Waals surface area contributed by atoms with Gasteiger partial charge in [0.05, 0.1) is 35.6 Å². The number of hydrogen-bond donors (Lipinski definition) is 5. The number of para-hydroxylation sites is 1. The highest BCUT2D eigenvalue weighted by Gasteiger charge is 2.30. The number of likely N-dealkylation sites (N-methyl/N-ethyl adjacent to an activating group) is 1. The van der Waals surface area contributed by atoms with Crippen LogP contribution in [0.3, 0.4) is 0 Å². The summed E-state index contributed by atoms with van der Waals surface area (Å²) in [5.41, 5.74) is 14.7. The van der Waals surface area contributed by atoms with E-state index >= 15 is 0 Å². The number of aliphatic hydroxyl groups excluding tert-OH is 1. The number of fused-ring (bicyclic) bond motifs is 5. The molecule has 7 N–H and O–H groups in total. The molecule has 2 heterocycles. The Bertz CT molecular complexity index is 1420. The van der Waals surface area contributed by atoms with Crippen LogP contribution in [0.2, 0.25) is 0 Å². The van der Waals surface area contributed by atoms with Crippen LogP contribution in [0, 0.1) is 0 Å². The average molecular weight is 593 g/mol. The highest BCUT2D eigenvalue weighted by atomic mass is 16.5. The highest BCUT2D eigenvalue weighted by molar-refractivity contribution is 6.00. The van der Waals surface area contributed by atoms with Crippen molar-refractivity contribution in [2.45, 2.75) is 70.5 Å². The van der Waals surface area contributed by atoms with Crippen LogP contribution in [0.15, 0.2) is 48.5 Å². The van der Waals surface area contributed by atoms with Crippen molar-refractivity contribution in [2.75, 3.05) is 31.6 Å². The number of nitrogens with zero attached hydrogens (tertiary/aromatic N) is 4. The molecule has 12 nitrogen and oxygen atoms in total. The van der Waals surface area contributed by atoms with E-state index in [9.17, 15) is 14.7 Å². The average Bonchev–Trinajstić information content (AvgIpc) is 3.38. The monoisotopic (exact) mass is 592 g/mol. The number of aliphatic hydroxyl groups is 1. The molecule has 12 heteroatoms. The van der Waals surface area contributed by atoms with Gasteiger partial charge in [-0.15, -0.1) is 5.10 Å². The largest absolute Gasteiger partial charge is 0.379 e. The van der Waals surface area contributed by atoms with E-state index in [1.165, 1.54) is 0 Å². The van der Waals surface area contributed by atoms with Crippen molar-refractivity contribution in [3.63, 3.8) is 0 Å². The number of nitrogens with one attached hydrogen (secondary N) is 2. The van der Waals surface area contributed by atoms with Crippen LogP contribution < -0.4 is 27.0 Å². The number of amides is 2. The summed E-state index contributed by atoms with van der Waals surface area (Å²) in [6.45, 7) is 7.64. The van der Waals surface area contributed by atoms with Crippen LogP contribution in [-0.4, -0.2) is 76.0 Å². The van der Waals surface area contributed by atoms with E-state index in [0.717, 1.165) is 40.3 Å². The molecule has 4 rings (SSSR count). The van der Waals surface area contributed by atoms with Crippen molar-refractivity contribution >= 4 is 17.5 Å². The molecular weight excluding hydrogens is 548 g/mol. The number of anilines is 1. The molecule has 1 aliphatic heterocycles. The Morgan fingerprint density at radius 3 is 2.53 bits per heavy atom. The lowest BCUT2D eigenvalue weighted by Gasteiger charge is -2.30. The van der Waals surface area contributed by atoms with Gasteiger partial charge in [-0.1, -0.05) is 47.7 Å². The molecule has 1 aliphatic rings. The number of primary amides is 1. The number of benzene rings is 2. The molecule has 2 amide bonds. The van der Waals surface area contributed by atoms with Gasteiger partial charge >= 0.3 is 0 Å². The minimum atomic E-state index is -1.15. The van der Waals surface area contributed by atoms with Crippen molar-refractivity contribution in [1.82, 2.24) is 25.6 Å². The van der Waals surface area contributed by atoms with Crippen LogP contribution in [0.5, 0.6) is 0 Å². The first kappa shape index (κ1) is 32.2. The minimum absolute atomic E-state index is 0.113. The van der Waals surface area contributed by atoms with E-state index in [4.69, 9.17) is 16.2 Å². The summed E-state index contributed by atoms with van der Waals surface area (Å²) >= 11 is 0. The van der Waals surface area contributed by atoms with Gasteiger partial charge in [0.2, 0.25) is 11.8 Å². The van der Waals surface area contributed by atoms with Crippen LogP contribution in [0.25, 0.3) is 22.5 Å². The maximum Gasteiger partial charge on any atom is 0.237 e. The first-order valence-electron chi connectivity index (χ1n) is 14.6. The molecule has 43 heavy (non-hydrogen) atoms. The number of nitrogens with two attached hydrogens (primary N) is 2. The van der Waals surface area contributed by atoms with Gasteiger partial charge in [0.25, 0.3) is 0 Å². The van der Waals surface area contributed by atoms with Gasteiger partial charge in [-0.3, -0.25) is 14.9 Å². The Morgan fingerprint density at radius 2 is 1.81 bits per heavy atom. The van der Waals surface area contributed by atoms with Crippen molar-refractivity contribution in [2.24, 2.45) is 11.5 Å². The van der Waals surface area contributed by atoms with Gasteiger partial charge in [0.1, 0.15) is 11.9 Å². The lowest BCUT2D eigenvalue weighted by molar-refractivity contribution is -0.124. The molecule has 0 saturated carbocycles. The molecule has 2 aromatic carbocycles. The molecule has 1 aromatic heterocycles. The lowest BCUT2D eigenvalue weighted by atomic mass is 9.95. The Labute approximate surface area is 252 Å². The molecule has 3 aromatic rings. The fourth-order valence-electron chi connectivity index (χ4n) is 4.99. The fraction of sp³-hybridized carbons (Fsp3) is 0.484. The number of aromatic nitrogens is 3. The summed E-state index contributed by atoms with van der Waals surface area (Å²) < 4.78 is 7.80. The minimum Gasteiger partial charge on any atom is -0.379 e. The molecule has 0 saturated heterocycles. The number of hydrogen-bond acceptors (Lipinski definition) is 9. The van der Waals surface area contributed by atoms with Crippen molar-refractivity contribution in [1.29, 1.82) is 0 Å². The number of ether oxygens (including phenoxy) is 1. The molecule has 232 valence electrons. The summed E-state index contributed by atoms with van der Waals surface area (Å²) in [5.74, 6) is -0.701. The van der Waals surface area contributed by atoms with E-state index in [-0.39, 0.29) is 31.8 Å². The zero-order valence-corrected chi connectivity index (χ0v) is 25.5. The Morgan fingerprint density at radius 1 is 1.12 bits per heavy atom. The molecule has 0 fully saturated rings. The first-order chi connectivity index (χ1) is 20.4. The van der Waals surface area contributed by atoms with Gasteiger partial charge in [-0.2, -0.15) is 0 Å². The van der Waals surface area contributed by atoms with Gasteiger partial charge in [0, 0.05) is 37.2 Å². The van der Waals surface area contributed by atoms with E-state index in [1.54, 1.807) is 11.8 Å². The van der Waals surface area contributed by atoms with Crippen LogP contribution in [-0.2, 0) is 27.4 Å². The first-order valence-corrected chi connectivity index (χ1v) is 14.6. The SMILES string of the molecule is CNCCn1nnc2c1-c1ccccc1CN(C(=O)CCC(O)NCC(C)(C)OCCC(C)(N)C(N)=O)c1ccccc1-2.